The van der Waals surface area contributed by atoms with E-state index in [1.54, 1.807) is 0 Å². The number of halogens is 6. The Bertz CT molecular complexity index is 1420. The number of carbonyl (C=O) groups is 3. The van der Waals surface area contributed by atoms with Crippen molar-refractivity contribution in [3.05, 3.63) is 82.2 Å². The quantitative estimate of drug-likeness (QED) is 0.249. The van der Waals surface area contributed by atoms with E-state index in [9.17, 15) is 40.7 Å². The predicted molar refractivity (Wildman–Crippen MR) is 117 cm³/mol. The molecule has 0 radical (unpaired) electrons. The minimum atomic E-state index is -4.55. The average molecular weight is 526 g/mol. The van der Waals surface area contributed by atoms with Crippen LogP contribution in [0.15, 0.2) is 57.9 Å². The van der Waals surface area contributed by atoms with Crippen LogP contribution in [0.5, 0.6) is 0 Å². The summed E-state index contributed by atoms with van der Waals surface area (Å²) in [5.41, 5.74) is -1.42. The van der Waals surface area contributed by atoms with Gasteiger partial charge in [0.25, 0.3) is 11.1 Å². The van der Waals surface area contributed by atoms with Crippen molar-refractivity contribution in [2.75, 3.05) is 11.9 Å². The maximum Gasteiger partial charge on any atom is 0.416 e. The monoisotopic (exact) mass is 526 g/mol. The van der Waals surface area contributed by atoms with Crippen LogP contribution in [-0.2, 0) is 15.8 Å². The summed E-state index contributed by atoms with van der Waals surface area (Å²) in [6.45, 7) is -0.839. The molecule has 2 heterocycles. The summed E-state index contributed by atoms with van der Waals surface area (Å²) in [6, 6.07) is 8.54. The molecule has 1 N–H and O–H groups in total. The van der Waals surface area contributed by atoms with E-state index in [0.29, 0.717) is 22.7 Å². The largest absolute Gasteiger partial charge is 0.457 e. The maximum absolute atomic E-state index is 13.7. The predicted octanol–water partition coefficient (Wildman–Crippen LogP) is 6.06. The van der Waals surface area contributed by atoms with Gasteiger partial charge in [-0.25, -0.2) is 13.2 Å². The molecular formula is C23H12F6N2O4S. The van der Waals surface area contributed by atoms with E-state index in [1.807, 2.05) is 5.32 Å². The first kappa shape index (κ1) is 25.1. The molecule has 0 spiro atoms. The van der Waals surface area contributed by atoms with Crippen molar-refractivity contribution in [2.24, 2.45) is 0 Å². The standard InChI is InChI=1S/C23H12F6N2O4S/c24-14-5-6-15(20(26)19(14)25)30-18(32)10-31-21(33)17(36-22(31)34)9-13-4-7-16(35-13)11-2-1-3-12(8-11)23(27,28)29/h1-9H,10H2,(H,30,32)/b17-9+. The minimum absolute atomic E-state index is 0.0567. The summed E-state index contributed by atoms with van der Waals surface area (Å²) in [4.78, 5) is 37.4. The van der Waals surface area contributed by atoms with Gasteiger partial charge in [0, 0.05) is 11.6 Å². The second kappa shape index (κ2) is 9.57. The number of imide groups is 1. The van der Waals surface area contributed by atoms with Gasteiger partial charge in [0.2, 0.25) is 5.91 Å². The van der Waals surface area contributed by atoms with E-state index in [4.69, 9.17) is 4.42 Å². The zero-order chi connectivity index (χ0) is 26.2. The van der Waals surface area contributed by atoms with Gasteiger partial charge in [0.05, 0.1) is 16.2 Å². The highest BCUT2D eigenvalue weighted by Crippen LogP contribution is 2.35. The summed E-state index contributed by atoms with van der Waals surface area (Å²) in [7, 11) is 0. The summed E-state index contributed by atoms with van der Waals surface area (Å²) >= 11 is 0.469. The fourth-order valence-corrected chi connectivity index (χ4v) is 3.97. The fourth-order valence-electron chi connectivity index (χ4n) is 3.16. The van der Waals surface area contributed by atoms with Crippen molar-refractivity contribution >= 4 is 40.6 Å². The summed E-state index contributed by atoms with van der Waals surface area (Å²) in [5, 5.41) is 1.12. The van der Waals surface area contributed by atoms with Gasteiger partial charge in [-0.3, -0.25) is 19.3 Å². The molecule has 4 rings (SSSR count). The number of hydrogen-bond acceptors (Lipinski definition) is 5. The number of carbonyl (C=O) groups excluding carboxylic acids is 3. The van der Waals surface area contributed by atoms with Gasteiger partial charge in [-0.1, -0.05) is 12.1 Å². The first-order valence-corrected chi connectivity index (χ1v) is 10.7. The highest BCUT2D eigenvalue weighted by atomic mass is 32.2. The van der Waals surface area contributed by atoms with E-state index < -0.39 is 58.5 Å². The van der Waals surface area contributed by atoms with Crippen LogP contribution in [0.3, 0.4) is 0 Å². The molecule has 0 aliphatic carbocycles. The van der Waals surface area contributed by atoms with E-state index in [0.717, 1.165) is 18.2 Å². The third-order valence-corrected chi connectivity index (χ3v) is 5.77. The van der Waals surface area contributed by atoms with Crippen molar-refractivity contribution in [3.8, 4) is 11.3 Å². The minimum Gasteiger partial charge on any atom is -0.457 e. The smallest absolute Gasteiger partial charge is 0.416 e. The molecular weight excluding hydrogens is 514 g/mol. The molecule has 186 valence electrons. The van der Waals surface area contributed by atoms with Crippen molar-refractivity contribution in [2.45, 2.75) is 6.18 Å². The van der Waals surface area contributed by atoms with Gasteiger partial charge < -0.3 is 9.73 Å². The number of nitrogens with zero attached hydrogens (tertiary/aromatic N) is 1. The fraction of sp³-hybridized carbons (Fsp3) is 0.0870. The topological polar surface area (TPSA) is 79.6 Å². The zero-order valence-electron chi connectivity index (χ0n) is 17.7. The number of amides is 3. The number of hydrogen-bond donors (Lipinski definition) is 1. The number of alkyl halides is 3. The normalized spacial score (nSPS) is 15.2. The number of rotatable bonds is 5. The van der Waals surface area contributed by atoms with Crippen LogP contribution in [0.25, 0.3) is 17.4 Å². The highest BCUT2D eigenvalue weighted by molar-refractivity contribution is 8.18. The van der Waals surface area contributed by atoms with Crippen LogP contribution < -0.4 is 5.32 Å². The lowest BCUT2D eigenvalue weighted by Gasteiger charge is -2.13. The molecule has 1 fully saturated rings. The number of benzene rings is 2. The third kappa shape index (κ3) is 5.15. The van der Waals surface area contributed by atoms with E-state index in [1.165, 1.54) is 30.3 Å². The van der Waals surface area contributed by atoms with Crippen molar-refractivity contribution in [3.63, 3.8) is 0 Å². The van der Waals surface area contributed by atoms with E-state index in [2.05, 4.69) is 0 Å². The molecule has 13 heteroatoms. The van der Waals surface area contributed by atoms with E-state index >= 15 is 0 Å². The van der Waals surface area contributed by atoms with Crippen molar-refractivity contribution in [1.29, 1.82) is 0 Å². The van der Waals surface area contributed by atoms with Crippen molar-refractivity contribution < 1.29 is 45.1 Å². The molecule has 3 amide bonds. The summed E-state index contributed by atoms with van der Waals surface area (Å²) < 4.78 is 84.4. The molecule has 0 saturated carbocycles. The van der Waals surface area contributed by atoms with Crippen LogP contribution in [-0.4, -0.2) is 28.5 Å². The van der Waals surface area contributed by atoms with Gasteiger partial charge >= 0.3 is 6.18 Å². The maximum atomic E-state index is 13.7. The molecule has 6 nitrogen and oxygen atoms in total. The van der Waals surface area contributed by atoms with Gasteiger partial charge in [-0.2, -0.15) is 13.2 Å². The zero-order valence-corrected chi connectivity index (χ0v) is 18.5. The Morgan fingerprint density at radius 2 is 1.78 bits per heavy atom. The van der Waals surface area contributed by atoms with Crippen LogP contribution in [0.4, 0.5) is 36.8 Å². The Hall–Kier alpha value is -4.00. The molecule has 36 heavy (non-hydrogen) atoms. The summed E-state index contributed by atoms with van der Waals surface area (Å²) in [6.07, 6.45) is -3.37. The van der Waals surface area contributed by atoms with Crippen LogP contribution in [0, 0.1) is 17.5 Å². The first-order valence-electron chi connectivity index (χ1n) is 9.90. The molecule has 2 aromatic carbocycles. The second-order valence-electron chi connectivity index (χ2n) is 7.32. The SMILES string of the molecule is O=C(CN1C(=O)S/C(=C/c2ccc(-c3cccc(C(F)(F)F)c3)o2)C1=O)Nc1ccc(F)c(F)c1F. The Balaban J connectivity index is 1.47. The Kier molecular flexibility index (Phi) is 6.67. The lowest BCUT2D eigenvalue weighted by atomic mass is 10.1. The van der Waals surface area contributed by atoms with Gasteiger partial charge in [0.1, 0.15) is 18.1 Å². The van der Waals surface area contributed by atoms with Crippen LogP contribution >= 0.6 is 11.8 Å². The third-order valence-electron chi connectivity index (χ3n) is 4.86. The molecule has 1 aliphatic heterocycles. The molecule has 0 unspecified atom stereocenters. The molecule has 1 aromatic heterocycles. The Morgan fingerprint density at radius 3 is 2.50 bits per heavy atom. The highest BCUT2D eigenvalue weighted by Gasteiger charge is 2.37. The van der Waals surface area contributed by atoms with Gasteiger partial charge in [-0.05, 0) is 48.2 Å². The first-order chi connectivity index (χ1) is 16.9. The number of nitrogens with one attached hydrogen (secondary N) is 1. The lowest BCUT2D eigenvalue weighted by molar-refractivity contribution is -0.137. The van der Waals surface area contributed by atoms with Gasteiger partial charge in [0.15, 0.2) is 17.5 Å². The number of anilines is 1. The molecule has 0 atom stereocenters. The Labute approximate surface area is 202 Å². The Morgan fingerprint density at radius 1 is 1.03 bits per heavy atom. The molecule has 0 bridgehead atoms. The van der Waals surface area contributed by atoms with Crippen LogP contribution in [0.1, 0.15) is 11.3 Å². The van der Waals surface area contributed by atoms with Gasteiger partial charge in [-0.15, -0.1) is 0 Å². The van der Waals surface area contributed by atoms with Crippen molar-refractivity contribution in [1.82, 2.24) is 4.90 Å². The number of thioether (sulfide) groups is 1. The van der Waals surface area contributed by atoms with E-state index in [-0.39, 0.29) is 22.0 Å². The van der Waals surface area contributed by atoms with Crippen LogP contribution in [0.2, 0.25) is 0 Å². The molecule has 3 aromatic rings. The lowest BCUT2D eigenvalue weighted by Crippen LogP contribution is -2.36. The molecule has 1 aliphatic rings. The number of furan rings is 1. The second-order valence-corrected chi connectivity index (χ2v) is 8.31. The summed E-state index contributed by atoms with van der Waals surface area (Å²) in [5.74, 6) is -6.70. The average Bonchev–Trinajstić information content (AvgIpc) is 3.39. The molecule has 1 saturated heterocycles.